The highest BCUT2D eigenvalue weighted by Gasteiger charge is 2.33. The van der Waals surface area contributed by atoms with Gasteiger partial charge in [-0.3, -0.25) is 28.8 Å². The molecule has 8 rings (SSSR count). The predicted molar refractivity (Wildman–Crippen MR) is 243 cm³/mol. The highest BCUT2D eigenvalue weighted by molar-refractivity contribution is 6.03. The van der Waals surface area contributed by atoms with Crippen molar-refractivity contribution in [2.24, 2.45) is 0 Å². The van der Waals surface area contributed by atoms with Gasteiger partial charge in [0.05, 0.1) is 31.1 Å². The van der Waals surface area contributed by atoms with Gasteiger partial charge in [-0.1, -0.05) is 42.5 Å². The fourth-order valence-corrected chi connectivity index (χ4v) is 7.63. The van der Waals surface area contributed by atoms with Crippen LogP contribution in [0.25, 0.3) is 0 Å². The van der Waals surface area contributed by atoms with Gasteiger partial charge in [-0.25, -0.2) is 28.1 Å². The van der Waals surface area contributed by atoms with Gasteiger partial charge in [0.1, 0.15) is 55.3 Å². The van der Waals surface area contributed by atoms with Gasteiger partial charge in [0, 0.05) is 38.1 Å². The van der Waals surface area contributed by atoms with Crippen molar-refractivity contribution in [3.8, 4) is 17.2 Å². The summed E-state index contributed by atoms with van der Waals surface area (Å²) in [6.07, 6.45) is 3.07. The van der Waals surface area contributed by atoms with Crippen molar-refractivity contribution in [2.45, 2.75) is 57.8 Å². The number of anilines is 2. The Labute approximate surface area is 398 Å². The summed E-state index contributed by atoms with van der Waals surface area (Å²) in [5.41, 5.74) is 2.72. The number of esters is 2. The third-order valence-electron chi connectivity index (χ3n) is 11.4. The van der Waals surface area contributed by atoms with E-state index in [0.717, 1.165) is 5.56 Å². The highest BCUT2D eigenvalue weighted by Crippen LogP contribution is 2.34. The van der Waals surface area contributed by atoms with Crippen LogP contribution in [0.2, 0.25) is 0 Å². The first-order chi connectivity index (χ1) is 33.7. The molecule has 70 heavy (non-hydrogen) atoms. The summed E-state index contributed by atoms with van der Waals surface area (Å²) in [4.78, 5) is 88.9. The number of hydrogen-bond acceptors (Lipinski definition) is 14. The standard InChI is InChI=1S/C48H46F2N10O10/c1-4-67-40(61)18-14-28-12-16-37-35(20-28)57(2)47(65)34(25-68-37)54-46(64)44-52-27-60(56-44)23-31-9-7-11-39(42(31)50)70-41(62)19-15-29-13-17-38-36(21-29)58(3)48(66)33(24-69-38)53-45(63)43-51-26-59(55-43)22-30-8-5-6-10-32(30)49/h5-13,16-17,20-21,26-27,33-34H,4,14-15,18-19,22-25H2,1-3H3,(H,53,63)(H,54,64)/t33-,34-/m0/s1. The number of ether oxygens (including phenoxy) is 4. The fourth-order valence-electron chi connectivity index (χ4n) is 7.63. The molecule has 0 saturated carbocycles. The Bertz CT molecular complexity index is 2980. The Morgan fingerprint density at radius 1 is 0.686 bits per heavy atom. The quantitative estimate of drug-likeness (QED) is 0.104. The largest absolute Gasteiger partial charge is 0.489 e. The number of hydrogen-bond donors (Lipinski definition) is 2. The number of amides is 4. The number of nitrogens with zero attached hydrogens (tertiary/aromatic N) is 8. The number of rotatable bonds is 16. The monoisotopic (exact) mass is 960 g/mol. The maximum atomic E-state index is 15.7. The number of likely N-dealkylation sites (N-methyl/N-ethyl adjacent to an activating group) is 2. The Morgan fingerprint density at radius 3 is 1.74 bits per heavy atom. The van der Waals surface area contributed by atoms with Gasteiger partial charge in [0.15, 0.2) is 11.6 Å². The minimum atomic E-state index is -1.10. The summed E-state index contributed by atoms with van der Waals surface area (Å²) in [5.74, 6) is -4.84. The molecule has 2 aromatic heterocycles. The van der Waals surface area contributed by atoms with Crippen LogP contribution in [-0.2, 0) is 49.8 Å². The average Bonchev–Trinajstić information content (AvgIpc) is 4.00. The van der Waals surface area contributed by atoms with Gasteiger partial charge < -0.3 is 39.4 Å². The van der Waals surface area contributed by atoms with Crippen LogP contribution >= 0.6 is 0 Å². The van der Waals surface area contributed by atoms with Crippen LogP contribution in [0.3, 0.4) is 0 Å². The molecule has 4 heterocycles. The van der Waals surface area contributed by atoms with E-state index in [1.54, 1.807) is 68.6 Å². The number of aryl methyl sites for hydroxylation is 2. The van der Waals surface area contributed by atoms with Crippen LogP contribution in [0.15, 0.2) is 91.5 Å². The Kier molecular flexibility index (Phi) is 14.5. The lowest BCUT2D eigenvalue weighted by atomic mass is 10.1. The van der Waals surface area contributed by atoms with Crippen molar-refractivity contribution in [1.29, 1.82) is 0 Å². The number of aromatic nitrogens is 6. The maximum Gasteiger partial charge on any atom is 0.311 e. The number of halogens is 2. The molecule has 4 amide bonds. The number of nitrogens with one attached hydrogen (secondary N) is 2. The number of fused-ring (bicyclic) bond motifs is 2. The second-order valence-corrected chi connectivity index (χ2v) is 16.2. The molecule has 0 spiro atoms. The van der Waals surface area contributed by atoms with Gasteiger partial charge in [-0.05, 0) is 67.3 Å². The molecule has 0 saturated heterocycles. The van der Waals surface area contributed by atoms with Gasteiger partial charge in [-0.15, -0.1) is 10.2 Å². The molecule has 22 heteroatoms. The third kappa shape index (κ3) is 11.1. The van der Waals surface area contributed by atoms with Crippen molar-refractivity contribution in [3.05, 3.63) is 137 Å². The van der Waals surface area contributed by atoms with Crippen molar-refractivity contribution in [1.82, 2.24) is 40.2 Å². The average molecular weight is 961 g/mol. The van der Waals surface area contributed by atoms with E-state index in [1.165, 1.54) is 63.1 Å². The van der Waals surface area contributed by atoms with Crippen LogP contribution in [0.4, 0.5) is 20.2 Å². The van der Waals surface area contributed by atoms with Crippen LogP contribution in [0, 0.1) is 11.6 Å². The molecule has 20 nitrogen and oxygen atoms in total. The van der Waals surface area contributed by atoms with E-state index < -0.39 is 53.3 Å². The smallest absolute Gasteiger partial charge is 0.311 e. The lowest BCUT2D eigenvalue weighted by Crippen LogP contribution is -2.49. The van der Waals surface area contributed by atoms with E-state index in [4.69, 9.17) is 18.9 Å². The van der Waals surface area contributed by atoms with Crippen LogP contribution in [0.1, 0.15) is 63.3 Å². The zero-order chi connectivity index (χ0) is 49.5. The zero-order valence-electron chi connectivity index (χ0n) is 38.1. The molecule has 2 aliphatic heterocycles. The van der Waals surface area contributed by atoms with E-state index >= 15 is 4.39 Å². The summed E-state index contributed by atoms with van der Waals surface area (Å²) in [7, 11) is 3.06. The molecular formula is C48H46F2N10O10. The Morgan fingerprint density at radius 2 is 1.20 bits per heavy atom. The minimum absolute atomic E-state index is 0.0452. The number of carbonyl (C=O) groups excluding carboxylic acids is 6. The molecule has 0 aliphatic carbocycles. The minimum Gasteiger partial charge on any atom is -0.489 e. The Hall–Kier alpha value is -8.56. The third-order valence-corrected chi connectivity index (χ3v) is 11.4. The molecule has 2 N–H and O–H groups in total. The molecule has 4 aromatic carbocycles. The van der Waals surface area contributed by atoms with Gasteiger partial charge >= 0.3 is 11.9 Å². The first-order valence-electron chi connectivity index (χ1n) is 22.1. The zero-order valence-corrected chi connectivity index (χ0v) is 38.1. The molecule has 0 radical (unpaired) electrons. The predicted octanol–water partition coefficient (Wildman–Crippen LogP) is 3.59. The molecule has 0 bridgehead atoms. The van der Waals surface area contributed by atoms with Gasteiger partial charge in [0.25, 0.3) is 23.6 Å². The van der Waals surface area contributed by atoms with E-state index in [0.29, 0.717) is 40.4 Å². The van der Waals surface area contributed by atoms with E-state index in [1.807, 2.05) is 0 Å². The van der Waals surface area contributed by atoms with Crippen LogP contribution < -0.4 is 34.6 Å². The van der Waals surface area contributed by atoms with Crippen LogP contribution in [0.5, 0.6) is 17.2 Å². The summed E-state index contributed by atoms with van der Waals surface area (Å²) >= 11 is 0. The second kappa shape index (κ2) is 21.2. The molecule has 0 unspecified atom stereocenters. The lowest BCUT2D eigenvalue weighted by Gasteiger charge is -2.20. The van der Waals surface area contributed by atoms with Gasteiger partial charge in [-0.2, -0.15) is 0 Å². The van der Waals surface area contributed by atoms with Crippen molar-refractivity contribution >= 4 is 46.9 Å². The van der Waals surface area contributed by atoms with Crippen molar-refractivity contribution in [2.75, 3.05) is 43.7 Å². The molecule has 0 fully saturated rings. The van der Waals surface area contributed by atoms with E-state index in [9.17, 15) is 33.2 Å². The molecule has 6 aromatic rings. The summed E-state index contributed by atoms with van der Waals surface area (Å²) in [5, 5.41) is 13.5. The lowest BCUT2D eigenvalue weighted by molar-refractivity contribution is -0.143. The Balaban J connectivity index is 0.821. The van der Waals surface area contributed by atoms with E-state index in [2.05, 4.69) is 30.8 Å². The second-order valence-electron chi connectivity index (χ2n) is 16.2. The highest BCUT2D eigenvalue weighted by atomic mass is 19.1. The number of benzene rings is 4. The van der Waals surface area contributed by atoms with Crippen LogP contribution in [-0.4, -0.2) is 111 Å². The molecule has 2 atom stereocenters. The SMILES string of the molecule is CCOC(=O)CCc1ccc2c(c1)N(C)C(=O)[C@@H](NC(=O)c1ncn(Cc3cccc(OC(=O)CCc4ccc5c(c4)N(C)C(=O)[C@@H](NC(=O)c4ncn(Cc6ccccc6F)n4)CO5)c3F)n1)CO2. The summed E-state index contributed by atoms with van der Waals surface area (Å²) in [6, 6.07) is 18.4. The molecule has 362 valence electrons. The van der Waals surface area contributed by atoms with Crippen molar-refractivity contribution in [3.63, 3.8) is 0 Å². The van der Waals surface area contributed by atoms with Crippen molar-refractivity contribution < 1.29 is 56.5 Å². The molecular weight excluding hydrogens is 915 g/mol. The van der Waals surface area contributed by atoms with E-state index in [-0.39, 0.29) is 81.1 Å². The first kappa shape index (κ1) is 47.9. The summed E-state index contributed by atoms with van der Waals surface area (Å²) < 4.78 is 54.6. The topological polar surface area (TPSA) is 231 Å². The number of carbonyl (C=O) groups is 6. The molecule has 2 aliphatic rings. The first-order valence-corrected chi connectivity index (χ1v) is 22.1. The summed E-state index contributed by atoms with van der Waals surface area (Å²) in [6.45, 7) is 1.49. The normalized spacial score (nSPS) is 15.4. The maximum absolute atomic E-state index is 15.7. The van der Waals surface area contributed by atoms with Gasteiger partial charge in [0.2, 0.25) is 11.6 Å². The fraction of sp³-hybridized carbons (Fsp3) is 0.292.